The lowest BCUT2D eigenvalue weighted by Gasteiger charge is -2.49. The summed E-state index contributed by atoms with van der Waals surface area (Å²) in [6.45, 7) is 2.73. The van der Waals surface area contributed by atoms with Gasteiger partial charge in [-0.25, -0.2) is 4.79 Å². The molecule has 1 atom stereocenters. The van der Waals surface area contributed by atoms with E-state index < -0.39 is 0 Å². The highest BCUT2D eigenvalue weighted by molar-refractivity contribution is 5.75. The average Bonchev–Trinajstić information content (AvgIpc) is 3.45. The van der Waals surface area contributed by atoms with Crippen molar-refractivity contribution in [2.75, 3.05) is 19.7 Å². The molecule has 0 aromatic carbocycles. The summed E-state index contributed by atoms with van der Waals surface area (Å²) in [7, 11) is 0. The van der Waals surface area contributed by atoms with E-state index >= 15 is 0 Å². The van der Waals surface area contributed by atoms with Crippen LogP contribution in [-0.2, 0) is 4.74 Å². The van der Waals surface area contributed by atoms with Crippen molar-refractivity contribution < 1.29 is 9.53 Å². The fourth-order valence-corrected chi connectivity index (χ4v) is 5.25. The van der Waals surface area contributed by atoms with Crippen LogP contribution in [0.1, 0.15) is 83.5 Å². The number of amides is 2. The van der Waals surface area contributed by atoms with E-state index in [2.05, 4.69) is 10.2 Å². The van der Waals surface area contributed by atoms with Crippen molar-refractivity contribution in [3.05, 3.63) is 0 Å². The summed E-state index contributed by atoms with van der Waals surface area (Å²) in [5.74, 6) is 0.736. The molecule has 4 heteroatoms. The van der Waals surface area contributed by atoms with E-state index in [9.17, 15) is 4.79 Å². The van der Waals surface area contributed by atoms with Crippen LogP contribution in [-0.4, -0.2) is 42.8 Å². The summed E-state index contributed by atoms with van der Waals surface area (Å²) in [4.78, 5) is 15.1. The van der Waals surface area contributed by atoms with Gasteiger partial charge in [0, 0.05) is 31.2 Å². The zero-order valence-corrected chi connectivity index (χ0v) is 15.8. The third kappa shape index (κ3) is 4.15. The molecule has 0 aromatic rings. The number of hydrogen-bond donors (Lipinski definition) is 1. The van der Waals surface area contributed by atoms with Gasteiger partial charge in [0.2, 0.25) is 0 Å². The predicted octanol–water partition coefficient (Wildman–Crippen LogP) is 4.48. The maximum absolute atomic E-state index is 12.9. The molecule has 1 saturated heterocycles. The zero-order valence-electron chi connectivity index (χ0n) is 15.8. The Bertz CT molecular complexity index is 447. The second-order valence-electron chi connectivity index (χ2n) is 9.12. The van der Waals surface area contributed by atoms with Gasteiger partial charge in [0.15, 0.2) is 0 Å². The van der Waals surface area contributed by atoms with E-state index in [-0.39, 0.29) is 11.4 Å². The number of rotatable bonds is 6. The molecule has 1 aliphatic heterocycles. The lowest BCUT2D eigenvalue weighted by molar-refractivity contribution is -0.101. The van der Waals surface area contributed by atoms with Gasteiger partial charge in [-0.15, -0.1) is 0 Å². The molecule has 2 amide bonds. The third-order valence-corrected chi connectivity index (χ3v) is 7.23. The van der Waals surface area contributed by atoms with Crippen LogP contribution in [0.2, 0.25) is 0 Å². The van der Waals surface area contributed by atoms with E-state index in [1.807, 2.05) is 0 Å². The molecule has 4 aliphatic rings. The number of nitrogens with one attached hydrogen (secondary N) is 1. The highest BCUT2D eigenvalue weighted by atomic mass is 16.5. The van der Waals surface area contributed by atoms with E-state index in [4.69, 9.17) is 4.74 Å². The molecular weight excluding hydrogens is 312 g/mol. The van der Waals surface area contributed by atoms with Gasteiger partial charge >= 0.3 is 6.03 Å². The fourth-order valence-electron chi connectivity index (χ4n) is 5.25. The van der Waals surface area contributed by atoms with Crippen molar-refractivity contribution >= 4 is 6.03 Å². The Labute approximate surface area is 153 Å². The topological polar surface area (TPSA) is 41.6 Å². The second-order valence-corrected chi connectivity index (χ2v) is 9.12. The van der Waals surface area contributed by atoms with Gasteiger partial charge in [0.1, 0.15) is 0 Å². The van der Waals surface area contributed by atoms with Crippen molar-refractivity contribution in [1.29, 1.82) is 0 Å². The van der Waals surface area contributed by atoms with Gasteiger partial charge in [-0.1, -0.05) is 25.7 Å². The number of carbonyl (C=O) groups is 1. The van der Waals surface area contributed by atoms with Crippen molar-refractivity contribution in [1.82, 2.24) is 10.2 Å². The summed E-state index contributed by atoms with van der Waals surface area (Å²) in [6.07, 6.45) is 16.9. The molecule has 3 aliphatic carbocycles. The minimum absolute atomic E-state index is 0.204. The number of hydrogen-bond acceptors (Lipinski definition) is 2. The van der Waals surface area contributed by atoms with Gasteiger partial charge in [0.25, 0.3) is 0 Å². The quantitative estimate of drug-likeness (QED) is 0.769. The Kier molecular flexibility index (Phi) is 5.54. The van der Waals surface area contributed by atoms with Gasteiger partial charge in [-0.2, -0.15) is 0 Å². The Morgan fingerprint density at radius 1 is 0.960 bits per heavy atom. The smallest absolute Gasteiger partial charge is 0.317 e. The van der Waals surface area contributed by atoms with Gasteiger partial charge in [0.05, 0.1) is 6.10 Å². The van der Waals surface area contributed by atoms with Crippen molar-refractivity contribution in [2.24, 2.45) is 11.3 Å². The average molecular weight is 349 g/mol. The first-order valence-corrected chi connectivity index (χ1v) is 10.9. The maximum Gasteiger partial charge on any atom is 0.317 e. The van der Waals surface area contributed by atoms with Gasteiger partial charge < -0.3 is 15.0 Å². The van der Waals surface area contributed by atoms with E-state index in [0.717, 1.165) is 25.6 Å². The van der Waals surface area contributed by atoms with E-state index in [1.54, 1.807) is 0 Å². The molecule has 1 N–H and O–H groups in total. The predicted molar refractivity (Wildman–Crippen MR) is 99.6 cm³/mol. The monoisotopic (exact) mass is 348 g/mol. The van der Waals surface area contributed by atoms with Crippen LogP contribution >= 0.6 is 0 Å². The highest BCUT2D eigenvalue weighted by Crippen LogP contribution is 2.47. The Morgan fingerprint density at radius 2 is 1.72 bits per heavy atom. The molecule has 1 unspecified atom stereocenters. The summed E-state index contributed by atoms with van der Waals surface area (Å²) in [5, 5.41) is 3.34. The second kappa shape index (κ2) is 7.85. The summed E-state index contributed by atoms with van der Waals surface area (Å²) in [5.41, 5.74) is 0.232. The molecule has 4 rings (SSSR count). The number of ether oxygens (including phenoxy) is 1. The number of nitrogens with zero attached hydrogens (tertiary/aromatic N) is 1. The van der Waals surface area contributed by atoms with E-state index in [0.29, 0.717) is 12.1 Å². The number of urea groups is 1. The molecular formula is C21H36N2O2. The molecule has 0 radical (unpaired) electrons. The molecule has 0 bridgehead atoms. The summed E-state index contributed by atoms with van der Waals surface area (Å²) >= 11 is 0. The highest BCUT2D eigenvalue weighted by Gasteiger charge is 2.46. The first-order chi connectivity index (χ1) is 12.3. The van der Waals surface area contributed by atoms with Crippen molar-refractivity contribution in [3.63, 3.8) is 0 Å². The van der Waals surface area contributed by atoms with Crippen molar-refractivity contribution in [3.8, 4) is 0 Å². The van der Waals surface area contributed by atoms with Gasteiger partial charge in [-0.3, -0.25) is 0 Å². The Balaban J connectivity index is 1.31. The largest absolute Gasteiger partial charge is 0.378 e. The fraction of sp³-hybridized carbons (Fsp3) is 0.952. The Morgan fingerprint density at radius 3 is 2.32 bits per heavy atom. The minimum Gasteiger partial charge on any atom is -0.378 e. The molecule has 25 heavy (non-hydrogen) atoms. The maximum atomic E-state index is 12.9. The molecule has 3 saturated carbocycles. The third-order valence-electron chi connectivity index (χ3n) is 7.23. The van der Waals surface area contributed by atoms with Crippen LogP contribution in [0.4, 0.5) is 4.79 Å². The molecule has 4 fully saturated rings. The zero-order chi connectivity index (χ0) is 17.1. The van der Waals surface area contributed by atoms with Crippen LogP contribution in [0.5, 0.6) is 0 Å². The van der Waals surface area contributed by atoms with Crippen LogP contribution in [0.15, 0.2) is 0 Å². The summed E-state index contributed by atoms with van der Waals surface area (Å²) in [6, 6.07) is 0.723. The Hall–Kier alpha value is -0.770. The lowest BCUT2D eigenvalue weighted by Crippen LogP contribution is -2.54. The first-order valence-electron chi connectivity index (χ1n) is 10.9. The van der Waals surface area contributed by atoms with Gasteiger partial charge in [-0.05, 0) is 63.7 Å². The molecule has 142 valence electrons. The lowest BCUT2D eigenvalue weighted by atomic mass is 9.63. The molecule has 0 spiro atoms. The van der Waals surface area contributed by atoms with Crippen LogP contribution < -0.4 is 5.32 Å². The SMILES string of the molecule is O=C(NCC1(C2CCCCO2)CCC1)N(CC1CCCCC1)C1CC1. The van der Waals surface area contributed by atoms with Crippen molar-refractivity contribution in [2.45, 2.75) is 95.6 Å². The standard InChI is InChI=1S/C21H36N2O2/c24-20(23(18-10-11-18)15-17-7-2-1-3-8-17)22-16-21(12-6-13-21)19-9-4-5-14-25-19/h17-19H,1-16H2,(H,22,24). The number of carbonyl (C=O) groups excluding carboxylic acids is 1. The normalized spacial score (nSPS) is 29.7. The van der Waals surface area contributed by atoms with Crippen LogP contribution in [0, 0.1) is 11.3 Å². The van der Waals surface area contributed by atoms with E-state index in [1.165, 1.54) is 83.5 Å². The molecule has 1 heterocycles. The minimum atomic E-state index is 0.204. The van der Waals surface area contributed by atoms with Crippen LogP contribution in [0.3, 0.4) is 0 Å². The molecule has 0 aromatic heterocycles. The first kappa shape index (κ1) is 17.6. The molecule has 4 nitrogen and oxygen atoms in total. The van der Waals surface area contributed by atoms with Crippen LogP contribution in [0.25, 0.3) is 0 Å². The summed E-state index contributed by atoms with van der Waals surface area (Å²) < 4.78 is 6.09.